The van der Waals surface area contributed by atoms with Crippen molar-refractivity contribution in [2.45, 2.75) is 31.7 Å². The Bertz CT molecular complexity index is 545. The number of nitrogens with one attached hydrogen (secondary N) is 1. The second-order valence-electron chi connectivity index (χ2n) is 5.44. The van der Waals surface area contributed by atoms with Crippen molar-refractivity contribution in [3.63, 3.8) is 0 Å². The van der Waals surface area contributed by atoms with E-state index in [0.29, 0.717) is 18.5 Å². The van der Waals surface area contributed by atoms with E-state index >= 15 is 0 Å². The van der Waals surface area contributed by atoms with Crippen LogP contribution < -0.4 is 11.1 Å². The van der Waals surface area contributed by atoms with Gasteiger partial charge in [0.15, 0.2) is 0 Å². The molecule has 6 heteroatoms. The minimum absolute atomic E-state index is 0.0111. The predicted octanol–water partition coefficient (Wildman–Crippen LogP) is 0.732. The summed E-state index contributed by atoms with van der Waals surface area (Å²) in [6, 6.07) is 7.94. The van der Waals surface area contributed by atoms with Gasteiger partial charge in [0.25, 0.3) is 0 Å². The van der Waals surface area contributed by atoms with Gasteiger partial charge in [0.2, 0.25) is 17.7 Å². The number of hydrogen-bond acceptors (Lipinski definition) is 3. The van der Waals surface area contributed by atoms with E-state index in [-0.39, 0.29) is 18.4 Å². The second-order valence-corrected chi connectivity index (χ2v) is 5.44. The van der Waals surface area contributed by atoms with Crippen LogP contribution in [-0.4, -0.2) is 35.7 Å². The molecule has 1 aromatic carbocycles. The van der Waals surface area contributed by atoms with Crippen LogP contribution in [0.2, 0.25) is 0 Å². The van der Waals surface area contributed by atoms with E-state index in [0.717, 1.165) is 19.3 Å². The number of primary amides is 1. The molecular weight excluding hydrogens is 282 g/mol. The first-order valence-electron chi connectivity index (χ1n) is 7.49. The lowest BCUT2D eigenvalue weighted by atomic mass is 10.1. The van der Waals surface area contributed by atoms with Crippen LogP contribution in [0.3, 0.4) is 0 Å². The van der Waals surface area contributed by atoms with E-state index in [2.05, 4.69) is 5.32 Å². The molecule has 6 nitrogen and oxygen atoms in total. The van der Waals surface area contributed by atoms with E-state index in [9.17, 15) is 14.4 Å². The van der Waals surface area contributed by atoms with Crippen molar-refractivity contribution in [1.29, 1.82) is 0 Å². The van der Waals surface area contributed by atoms with Crippen LogP contribution in [-0.2, 0) is 14.4 Å². The Hall–Kier alpha value is -2.37. The highest BCUT2D eigenvalue weighted by atomic mass is 16.2. The number of amides is 3. The van der Waals surface area contributed by atoms with Crippen LogP contribution in [0.1, 0.15) is 37.3 Å². The summed E-state index contributed by atoms with van der Waals surface area (Å²) < 4.78 is 0. The molecule has 0 saturated carbocycles. The molecule has 22 heavy (non-hydrogen) atoms. The lowest BCUT2D eigenvalue weighted by Crippen LogP contribution is -2.44. The molecule has 1 atom stereocenters. The van der Waals surface area contributed by atoms with Gasteiger partial charge in [-0.1, -0.05) is 36.8 Å². The summed E-state index contributed by atoms with van der Waals surface area (Å²) in [5.41, 5.74) is 6.00. The average Bonchev–Trinajstić information content (AvgIpc) is 2.70. The molecule has 0 aliphatic carbocycles. The molecule has 0 spiro atoms. The smallest absolute Gasteiger partial charge is 0.244 e. The molecule has 118 valence electrons. The van der Waals surface area contributed by atoms with Gasteiger partial charge >= 0.3 is 0 Å². The van der Waals surface area contributed by atoms with Crippen molar-refractivity contribution >= 4 is 17.7 Å². The van der Waals surface area contributed by atoms with Crippen LogP contribution >= 0.6 is 0 Å². The van der Waals surface area contributed by atoms with Crippen LogP contribution in [0.25, 0.3) is 0 Å². The van der Waals surface area contributed by atoms with Gasteiger partial charge in [-0.3, -0.25) is 14.4 Å². The molecule has 0 bridgehead atoms. The summed E-state index contributed by atoms with van der Waals surface area (Å²) in [6.07, 6.45) is 3.24. The molecule has 1 aliphatic rings. The molecule has 1 aromatic rings. The Labute approximate surface area is 129 Å². The number of benzene rings is 1. The summed E-state index contributed by atoms with van der Waals surface area (Å²) >= 11 is 0. The largest absolute Gasteiger partial charge is 0.368 e. The second kappa shape index (κ2) is 7.59. The third kappa shape index (κ3) is 4.31. The van der Waals surface area contributed by atoms with Gasteiger partial charge in [-0.25, -0.2) is 0 Å². The molecule has 1 unspecified atom stereocenters. The van der Waals surface area contributed by atoms with Gasteiger partial charge < -0.3 is 16.0 Å². The highest BCUT2D eigenvalue weighted by molar-refractivity contribution is 5.90. The SMILES string of the molecule is NC(=O)C(NC(=O)CN1CCCCCC1=O)c1ccccc1. The fourth-order valence-electron chi connectivity index (χ4n) is 2.55. The number of nitrogens with zero attached hydrogens (tertiary/aromatic N) is 1. The monoisotopic (exact) mass is 303 g/mol. The normalized spacial score (nSPS) is 16.7. The molecular formula is C16H21N3O3. The lowest BCUT2D eigenvalue weighted by Gasteiger charge is -2.22. The maximum Gasteiger partial charge on any atom is 0.244 e. The minimum Gasteiger partial charge on any atom is -0.368 e. The summed E-state index contributed by atoms with van der Waals surface area (Å²) in [6.45, 7) is 0.550. The van der Waals surface area contributed by atoms with Crippen LogP contribution in [0, 0.1) is 0 Å². The summed E-state index contributed by atoms with van der Waals surface area (Å²) in [4.78, 5) is 37.2. The molecule has 1 heterocycles. The number of hydrogen-bond donors (Lipinski definition) is 2. The fourth-order valence-corrected chi connectivity index (χ4v) is 2.55. The van der Waals surface area contributed by atoms with Crippen LogP contribution in [0.15, 0.2) is 30.3 Å². The number of rotatable bonds is 5. The van der Waals surface area contributed by atoms with Crippen molar-refractivity contribution < 1.29 is 14.4 Å². The zero-order valence-electron chi connectivity index (χ0n) is 12.5. The molecule has 1 fully saturated rings. The van der Waals surface area contributed by atoms with E-state index in [1.807, 2.05) is 6.07 Å². The fraction of sp³-hybridized carbons (Fsp3) is 0.438. The Morgan fingerprint density at radius 2 is 1.91 bits per heavy atom. The first kappa shape index (κ1) is 16.0. The highest BCUT2D eigenvalue weighted by Crippen LogP contribution is 2.13. The van der Waals surface area contributed by atoms with Gasteiger partial charge in [-0.15, -0.1) is 0 Å². The van der Waals surface area contributed by atoms with Crippen LogP contribution in [0.4, 0.5) is 0 Å². The molecule has 3 N–H and O–H groups in total. The predicted molar refractivity (Wildman–Crippen MR) is 81.6 cm³/mol. The van der Waals surface area contributed by atoms with Crippen molar-refractivity contribution in [3.8, 4) is 0 Å². The van der Waals surface area contributed by atoms with Crippen molar-refractivity contribution in [3.05, 3.63) is 35.9 Å². The quantitative estimate of drug-likeness (QED) is 0.840. The molecule has 2 rings (SSSR count). The summed E-state index contributed by atoms with van der Waals surface area (Å²) in [5.74, 6) is -1.01. The Morgan fingerprint density at radius 3 is 2.59 bits per heavy atom. The van der Waals surface area contributed by atoms with E-state index in [1.165, 1.54) is 0 Å². The lowest BCUT2D eigenvalue weighted by molar-refractivity contribution is -0.136. The van der Waals surface area contributed by atoms with Crippen molar-refractivity contribution in [2.24, 2.45) is 5.73 Å². The number of likely N-dealkylation sites (tertiary alicyclic amines) is 1. The van der Waals surface area contributed by atoms with E-state index in [1.54, 1.807) is 29.2 Å². The first-order chi connectivity index (χ1) is 10.6. The third-order valence-corrected chi connectivity index (χ3v) is 3.73. The number of carbonyl (C=O) groups excluding carboxylic acids is 3. The molecule has 0 radical (unpaired) electrons. The standard InChI is InChI=1S/C16H21N3O3/c17-16(22)15(12-7-3-1-4-8-12)18-13(20)11-19-10-6-2-5-9-14(19)21/h1,3-4,7-8,15H,2,5-6,9-11H2,(H2,17,22)(H,18,20). The maximum atomic E-state index is 12.1. The topological polar surface area (TPSA) is 92.5 Å². The highest BCUT2D eigenvalue weighted by Gasteiger charge is 2.23. The van der Waals surface area contributed by atoms with Gasteiger partial charge in [0.05, 0.1) is 6.54 Å². The van der Waals surface area contributed by atoms with Gasteiger partial charge in [-0.05, 0) is 18.4 Å². The molecule has 3 amide bonds. The average molecular weight is 303 g/mol. The zero-order chi connectivity index (χ0) is 15.9. The Morgan fingerprint density at radius 1 is 1.18 bits per heavy atom. The van der Waals surface area contributed by atoms with E-state index < -0.39 is 11.9 Å². The third-order valence-electron chi connectivity index (χ3n) is 3.73. The maximum absolute atomic E-state index is 12.1. The number of nitrogens with two attached hydrogens (primary N) is 1. The number of carbonyl (C=O) groups is 3. The summed E-state index contributed by atoms with van der Waals surface area (Å²) in [7, 11) is 0. The van der Waals surface area contributed by atoms with Crippen LogP contribution in [0.5, 0.6) is 0 Å². The Balaban J connectivity index is 1.99. The van der Waals surface area contributed by atoms with Gasteiger partial charge in [0.1, 0.15) is 6.04 Å². The molecule has 1 saturated heterocycles. The Kier molecular flexibility index (Phi) is 5.52. The summed E-state index contributed by atoms with van der Waals surface area (Å²) in [5, 5.41) is 2.61. The van der Waals surface area contributed by atoms with Crippen molar-refractivity contribution in [1.82, 2.24) is 10.2 Å². The van der Waals surface area contributed by atoms with Gasteiger partial charge in [0, 0.05) is 13.0 Å². The van der Waals surface area contributed by atoms with E-state index in [4.69, 9.17) is 5.73 Å². The zero-order valence-corrected chi connectivity index (χ0v) is 12.5. The van der Waals surface area contributed by atoms with Crippen molar-refractivity contribution in [2.75, 3.05) is 13.1 Å². The first-order valence-corrected chi connectivity index (χ1v) is 7.49. The minimum atomic E-state index is -0.879. The molecule has 1 aliphatic heterocycles. The molecule has 0 aromatic heterocycles. The van der Waals surface area contributed by atoms with Gasteiger partial charge in [-0.2, -0.15) is 0 Å².